The van der Waals surface area contributed by atoms with Crippen LogP contribution >= 0.6 is 11.6 Å². The quantitative estimate of drug-likeness (QED) is 0.494. The van der Waals surface area contributed by atoms with Crippen LogP contribution in [0.4, 0.5) is 10.5 Å². The number of nitrogens with one attached hydrogen (secondary N) is 1. The van der Waals surface area contributed by atoms with Crippen molar-refractivity contribution in [2.75, 3.05) is 38.1 Å². The van der Waals surface area contributed by atoms with E-state index >= 15 is 0 Å². The second kappa shape index (κ2) is 11.1. The fraction of sp³-hybridized carbons (Fsp3) is 0.308. The Morgan fingerprint density at radius 1 is 0.879 bits per heavy atom. The summed E-state index contributed by atoms with van der Waals surface area (Å²) in [7, 11) is 0. The van der Waals surface area contributed by atoms with Gasteiger partial charge in [0.2, 0.25) is 5.91 Å². The van der Waals surface area contributed by atoms with Gasteiger partial charge in [-0.3, -0.25) is 4.79 Å². The van der Waals surface area contributed by atoms with Crippen LogP contribution in [0.1, 0.15) is 19.3 Å². The molecule has 3 amide bonds. The predicted octanol–water partition coefficient (Wildman–Crippen LogP) is 5.42. The lowest BCUT2D eigenvalue weighted by Gasteiger charge is -2.22. The summed E-state index contributed by atoms with van der Waals surface area (Å²) in [6, 6.07) is 21.0. The molecule has 0 saturated carbocycles. The van der Waals surface area contributed by atoms with E-state index < -0.39 is 0 Å². The molecule has 3 aromatic rings. The van der Waals surface area contributed by atoms with E-state index in [9.17, 15) is 9.59 Å². The molecule has 1 saturated heterocycles. The molecule has 0 bridgehead atoms. The molecule has 1 N–H and O–H groups in total. The third-order valence-electron chi connectivity index (χ3n) is 5.77. The lowest BCUT2D eigenvalue weighted by atomic mass is 10.1. The van der Waals surface area contributed by atoms with Crippen LogP contribution in [-0.4, -0.2) is 54.5 Å². The summed E-state index contributed by atoms with van der Waals surface area (Å²) < 4.78 is 5.95. The van der Waals surface area contributed by atoms with Crippen LogP contribution in [0.5, 0.6) is 5.75 Å². The number of hydrogen-bond acceptors (Lipinski definition) is 3. The fourth-order valence-corrected chi connectivity index (χ4v) is 4.12. The summed E-state index contributed by atoms with van der Waals surface area (Å²) in [5.41, 5.74) is 0.702. The first kappa shape index (κ1) is 22.9. The van der Waals surface area contributed by atoms with Crippen LogP contribution in [0.25, 0.3) is 10.8 Å². The largest absolute Gasteiger partial charge is 0.493 e. The Morgan fingerprint density at radius 2 is 1.61 bits per heavy atom. The van der Waals surface area contributed by atoms with Gasteiger partial charge in [0, 0.05) is 48.7 Å². The number of halogens is 1. The second-order valence-corrected chi connectivity index (χ2v) is 8.52. The number of fused-ring (bicyclic) bond motifs is 1. The Kier molecular flexibility index (Phi) is 7.68. The van der Waals surface area contributed by atoms with Crippen molar-refractivity contribution >= 4 is 40.0 Å². The smallest absolute Gasteiger partial charge is 0.321 e. The molecule has 1 fully saturated rings. The lowest BCUT2D eigenvalue weighted by molar-refractivity contribution is -0.131. The number of benzene rings is 3. The first-order chi connectivity index (χ1) is 16.1. The Balaban J connectivity index is 1.21. The van der Waals surface area contributed by atoms with E-state index in [4.69, 9.17) is 16.3 Å². The monoisotopic (exact) mass is 465 g/mol. The minimum absolute atomic E-state index is 0.108. The first-order valence-electron chi connectivity index (χ1n) is 11.3. The van der Waals surface area contributed by atoms with Crippen molar-refractivity contribution in [3.63, 3.8) is 0 Å². The van der Waals surface area contributed by atoms with Crippen molar-refractivity contribution in [2.45, 2.75) is 19.3 Å². The highest BCUT2D eigenvalue weighted by molar-refractivity contribution is 6.30. The zero-order valence-corrected chi connectivity index (χ0v) is 19.3. The highest BCUT2D eigenvalue weighted by atomic mass is 35.5. The zero-order chi connectivity index (χ0) is 23.0. The van der Waals surface area contributed by atoms with Gasteiger partial charge in [-0.25, -0.2) is 4.79 Å². The molecule has 7 heteroatoms. The molecule has 33 heavy (non-hydrogen) atoms. The van der Waals surface area contributed by atoms with E-state index in [0.29, 0.717) is 56.3 Å². The molecule has 3 aromatic carbocycles. The van der Waals surface area contributed by atoms with Crippen molar-refractivity contribution in [2.24, 2.45) is 0 Å². The van der Waals surface area contributed by atoms with Crippen LogP contribution in [0.3, 0.4) is 0 Å². The summed E-state index contributed by atoms with van der Waals surface area (Å²) in [6.07, 6.45) is 1.84. The maximum atomic E-state index is 12.7. The zero-order valence-electron chi connectivity index (χ0n) is 18.5. The number of rotatable bonds is 6. The SMILES string of the molecule is O=C(CCCOc1cccc2ccccc12)N1CCCN(C(=O)Nc2ccc(Cl)cc2)CC1. The van der Waals surface area contributed by atoms with Crippen molar-refractivity contribution in [3.05, 3.63) is 71.8 Å². The Morgan fingerprint density at radius 3 is 2.45 bits per heavy atom. The van der Waals surface area contributed by atoms with Crippen LogP contribution in [0, 0.1) is 0 Å². The molecule has 0 aromatic heterocycles. The van der Waals surface area contributed by atoms with Gasteiger partial charge in [-0.15, -0.1) is 0 Å². The minimum atomic E-state index is -0.157. The van der Waals surface area contributed by atoms with E-state index in [1.165, 1.54) is 0 Å². The minimum Gasteiger partial charge on any atom is -0.493 e. The van der Waals surface area contributed by atoms with Crippen molar-refractivity contribution < 1.29 is 14.3 Å². The molecule has 1 aliphatic heterocycles. The number of nitrogens with zero attached hydrogens (tertiary/aromatic N) is 2. The maximum Gasteiger partial charge on any atom is 0.321 e. The summed E-state index contributed by atoms with van der Waals surface area (Å²) in [5.74, 6) is 0.953. The van der Waals surface area contributed by atoms with Crippen LogP contribution < -0.4 is 10.1 Å². The van der Waals surface area contributed by atoms with Crippen molar-refractivity contribution in [1.82, 2.24) is 9.80 Å². The molecular weight excluding hydrogens is 438 g/mol. The maximum absolute atomic E-state index is 12.7. The van der Waals surface area contributed by atoms with E-state index in [1.54, 1.807) is 29.2 Å². The highest BCUT2D eigenvalue weighted by Crippen LogP contribution is 2.25. The molecule has 1 heterocycles. The molecule has 0 radical (unpaired) electrons. The molecule has 6 nitrogen and oxygen atoms in total. The van der Waals surface area contributed by atoms with Gasteiger partial charge in [0.05, 0.1) is 6.61 Å². The van der Waals surface area contributed by atoms with Gasteiger partial charge in [0.15, 0.2) is 0 Å². The summed E-state index contributed by atoms with van der Waals surface area (Å²) in [6.45, 7) is 2.82. The number of anilines is 1. The standard InChI is InChI=1S/C26H28ClN3O3/c27-21-11-13-22(14-12-21)28-26(32)30-16-5-15-29(17-18-30)25(31)10-4-19-33-24-9-3-7-20-6-1-2-8-23(20)24/h1-3,6-9,11-14H,4-5,10,15-19H2,(H,28,32). The number of hydrogen-bond donors (Lipinski definition) is 1. The Hall–Kier alpha value is -3.25. The number of urea groups is 1. The van der Waals surface area contributed by atoms with Crippen LogP contribution in [-0.2, 0) is 4.79 Å². The number of ether oxygens (including phenoxy) is 1. The first-order valence-corrected chi connectivity index (χ1v) is 11.7. The molecular formula is C26H28ClN3O3. The summed E-state index contributed by atoms with van der Waals surface area (Å²) in [4.78, 5) is 28.9. The van der Waals surface area contributed by atoms with Gasteiger partial charge in [-0.05, 0) is 48.6 Å². The average molecular weight is 466 g/mol. The van der Waals surface area contributed by atoms with Crippen LogP contribution in [0.15, 0.2) is 66.7 Å². The summed E-state index contributed by atoms with van der Waals surface area (Å²) >= 11 is 5.90. The second-order valence-electron chi connectivity index (χ2n) is 8.09. The molecule has 1 aliphatic rings. The average Bonchev–Trinajstić information content (AvgIpc) is 3.10. The van der Waals surface area contributed by atoms with Gasteiger partial charge in [0.1, 0.15) is 5.75 Å². The van der Waals surface area contributed by atoms with Gasteiger partial charge >= 0.3 is 6.03 Å². The topological polar surface area (TPSA) is 61.9 Å². The highest BCUT2D eigenvalue weighted by Gasteiger charge is 2.22. The number of carbonyl (C=O) groups is 2. The van der Waals surface area contributed by atoms with Gasteiger partial charge in [0.25, 0.3) is 0 Å². The molecule has 0 spiro atoms. The third-order valence-corrected chi connectivity index (χ3v) is 6.03. The summed E-state index contributed by atoms with van der Waals surface area (Å²) in [5, 5.41) is 5.73. The number of amides is 3. The molecule has 4 rings (SSSR count). The molecule has 172 valence electrons. The van der Waals surface area contributed by atoms with Crippen molar-refractivity contribution in [3.8, 4) is 5.75 Å². The van der Waals surface area contributed by atoms with Gasteiger partial charge < -0.3 is 19.9 Å². The van der Waals surface area contributed by atoms with Gasteiger partial charge in [-0.2, -0.15) is 0 Å². The Bertz CT molecular complexity index is 1100. The van der Waals surface area contributed by atoms with E-state index in [-0.39, 0.29) is 11.9 Å². The Labute approximate surface area is 199 Å². The van der Waals surface area contributed by atoms with E-state index in [0.717, 1.165) is 22.9 Å². The predicted molar refractivity (Wildman–Crippen MR) is 132 cm³/mol. The normalized spacial score (nSPS) is 14.1. The van der Waals surface area contributed by atoms with Crippen molar-refractivity contribution in [1.29, 1.82) is 0 Å². The molecule has 0 unspecified atom stereocenters. The fourth-order valence-electron chi connectivity index (χ4n) is 3.99. The van der Waals surface area contributed by atoms with E-state index in [2.05, 4.69) is 17.4 Å². The van der Waals surface area contributed by atoms with Crippen LogP contribution in [0.2, 0.25) is 5.02 Å². The molecule has 0 atom stereocenters. The number of carbonyl (C=O) groups excluding carboxylic acids is 2. The third kappa shape index (κ3) is 6.17. The lowest BCUT2D eigenvalue weighted by Crippen LogP contribution is -2.39. The molecule has 0 aliphatic carbocycles. The van der Waals surface area contributed by atoms with Gasteiger partial charge in [-0.1, -0.05) is 48.0 Å². The van der Waals surface area contributed by atoms with E-state index in [1.807, 2.05) is 35.2 Å².